The molecule has 0 bridgehead atoms. The van der Waals surface area contributed by atoms with Gasteiger partial charge in [-0.15, -0.1) is 11.6 Å². The van der Waals surface area contributed by atoms with Gasteiger partial charge in [0.2, 0.25) is 0 Å². The summed E-state index contributed by atoms with van der Waals surface area (Å²) in [6.07, 6.45) is 5.68. The molecule has 1 aromatic rings. The van der Waals surface area contributed by atoms with Gasteiger partial charge in [0.15, 0.2) is 0 Å². The lowest BCUT2D eigenvalue weighted by molar-refractivity contribution is 1.22. The van der Waals surface area contributed by atoms with Crippen molar-refractivity contribution in [1.29, 1.82) is 0 Å². The summed E-state index contributed by atoms with van der Waals surface area (Å²) >= 11 is 5.69. The van der Waals surface area contributed by atoms with Crippen molar-refractivity contribution in [2.24, 2.45) is 0 Å². The Morgan fingerprint density at radius 3 is 3.09 bits per heavy atom. The summed E-state index contributed by atoms with van der Waals surface area (Å²) in [6.45, 7) is 1.96. The monoisotopic (exact) mass is 167 g/mol. The molecule has 0 aliphatic carbocycles. The maximum absolute atomic E-state index is 5.69. The average molecular weight is 168 g/mol. The van der Waals surface area contributed by atoms with Crippen LogP contribution in [0.15, 0.2) is 24.4 Å². The third-order valence-electron chi connectivity index (χ3n) is 1.39. The molecule has 58 valence electrons. The van der Waals surface area contributed by atoms with Crippen LogP contribution in [0.1, 0.15) is 18.2 Å². The molecule has 0 atom stereocenters. The van der Waals surface area contributed by atoms with Crippen LogP contribution >= 0.6 is 11.6 Å². The Morgan fingerprint density at radius 2 is 2.45 bits per heavy atom. The first kappa shape index (κ1) is 8.28. The van der Waals surface area contributed by atoms with E-state index in [1.165, 1.54) is 0 Å². The summed E-state index contributed by atoms with van der Waals surface area (Å²) in [5.74, 6) is 0.521. The van der Waals surface area contributed by atoms with Gasteiger partial charge in [-0.1, -0.05) is 12.1 Å². The molecule has 1 heterocycles. The number of rotatable bonds is 2. The Hall–Kier alpha value is -0.820. The SMILES string of the molecule is CC=Cc1ncccc1CCl. The van der Waals surface area contributed by atoms with Crippen LogP contribution in [0.2, 0.25) is 0 Å². The molecular formula is C9H10ClN. The van der Waals surface area contributed by atoms with E-state index in [-0.39, 0.29) is 0 Å². The third kappa shape index (κ3) is 2.05. The normalized spacial score (nSPS) is 10.7. The topological polar surface area (TPSA) is 12.9 Å². The van der Waals surface area contributed by atoms with Crippen molar-refractivity contribution in [2.75, 3.05) is 0 Å². The Labute approximate surface area is 71.7 Å². The van der Waals surface area contributed by atoms with E-state index < -0.39 is 0 Å². The van der Waals surface area contributed by atoms with E-state index in [9.17, 15) is 0 Å². The molecule has 11 heavy (non-hydrogen) atoms. The molecule has 0 saturated heterocycles. The summed E-state index contributed by atoms with van der Waals surface area (Å²) in [5, 5.41) is 0. The van der Waals surface area contributed by atoms with Crippen LogP contribution in [-0.4, -0.2) is 4.98 Å². The van der Waals surface area contributed by atoms with E-state index >= 15 is 0 Å². The van der Waals surface area contributed by atoms with Crippen molar-refractivity contribution in [1.82, 2.24) is 4.98 Å². The number of hydrogen-bond acceptors (Lipinski definition) is 1. The molecular weight excluding hydrogens is 158 g/mol. The molecule has 0 saturated carbocycles. The Balaban J connectivity index is 3.02. The van der Waals surface area contributed by atoms with Crippen LogP contribution in [0, 0.1) is 0 Å². The second-order valence-corrected chi connectivity index (χ2v) is 2.45. The van der Waals surface area contributed by atoms with E-state index in [1.807, 2.05) is 31.2 Å². The first-order valence-corrected chi connectivity index (χ1v) is 4.04. The highest BCUT2D eigenvalue weighted by Gasteiger charge is 1.95. The summed E-state index contributed by atoms with van der Waals surface area (Å²) in [5.41, 5.74) is 2.04. The van der Waals surface area contributed by atoms with Crippen LogP contribution in [0.5, 0.6) is 0 Å². The molecule has 0 aliphatic rings. The van der Waals surface area contributed by atoms with Gasteiger partial charge in [-0.05, 0) is 24.6 Å². The maximum atomic E-state index is 5.69. The van der Waals surface area contributed by atoms with Gasteiger partial charge in [0, 0.05) is 12.1 Å². The van der Waals surface area contributed by atoms with Crippen molar-refractivity contribution in [2.45, 2.75) is 12.8 Å². The fourth-order valence-corrected chi connectivity index (χ4v) is 1.10. The van der Waals surface area contributed by atoms with Crippen LogP contribution in [0.4, 0.5) is 0 Å². The molecule has 0 spiro atoms. The minimum atomic E-state index is 0.521. The van der Waals surface area contributed by atoms with Gasteiger partial charge in [-0.3, -0.25) is 4.98 Å². The predicted octanol–water partition coefficient (Wildman–Crippen LogP) is 2.85. The van der Waals surface area contributed by atoms with Crippen LogP contribution in [-0.2, 0) is 5.88 Å². The number of alkyl halides is 1. The zero-order chi connectivity index (χ0) is 8.10. The van der Waals surface area contributed by atoms with Gasteiger partial charge in [0.25, 0.3) is 0 Å². The Morgan fingerprint density at radius 1 is 1.64 bits per heavy atom. The maximum Gasteiger partial charge on any atom is 0.0670 e. The molecule has 0 aromatic carbocycles. The van der Waals surface area contributed by atoms with Gasteiger partial charge >= 0.3 is 0 Å². The number of hydrogen-bond donors (Lipinski definition) is 0. The fourth-order valence-electron chi connectivity index (χ4n) is 0.872. The first-order chi connectivity index (χ1) is 5.38. The van der Waals surface area contributed by atoms with E-state index in [0.717, 1.165) is 11.3 Å². The lowest BCUT2D eigenvalue weighted by atomic mass is 10.2. The van der Waals surface area contributed by atoms with Crippen molar-refractivity contribution < 1.29 is 0 Å². The third-order valence-corrected chi connectivity index (χ3v) is 1.68. The second-order valence-electron chi connectivity index (χ2n) is 2.18. The highest BCUT2D eigenvalue weighted by molar-refractivity contribution is 6.17. The zero-order valence-electron chi connectivity index (χ0n) is 6.42. The van der Waals surface area contributed by atoms with E-state index in [4.69, 9.17) is 11.6 Å². The van der Waals surface area contributed by atoms with Gasteiger partial charge in [-0.2, -0.15) is 0 Å². The molecule has 0 radical (unpaired) electrons. The molecule has 0 unspecified atom stereocenters. The van der Waals surface area contributed by atoms with Crippen molar-refractivity contribution in [3.05, 3.63) is 35.7 Å². The summed E-state index contributed by atoms with van der Waals surface area (Å²) in [6, 6.07) is 3.88. The van der Waals surface area contributed by atoms with E-state index in [2.05, 4.69) is 4.98 Å². The second kappa shape index (κ2) is 4.14. The number of allylic oxidation sites excluding steroid dienone is 1. The molecule has 0 fully saturated rings. The average Bonchev–Trinajstić information content (AvgIpc) is 2.06. The Bertz CT molecular complexity index is 255. The predicted molar refractivity (Wildman–Crippen MR) is 48.5 cm³/mol. The number of halogens is 1. The fraction of sp³-hybridized carbons (Fsp3) is 0.222. The molecule has 0 N–H and O–H groups in total. The molecule has 1 rings (SSSR count). The van der Waals surface area contributed by atoms with Gasteiger partial charge in [0.05, 0.1) is 5.69 Å². The number of aromatic nitrogens is 1. The first-order valence-electron chi connectivity index (χ1n) is 3.51. The molecule has 1 nitrogen and oxygen atoms in total. The molecule has 0 amide bonds. The number of pyridine rings is 1. The zero-order valence-corrected chi connectivity index (χ0v) is 7.17. The molecule has 0 aliphatic heterocycles. The van der Waals surface area contributed by atoms with E-state index in [0.29, 0.717) is 5.88 Å². The van der Waals surface area contributed by atoms with Crippen molar-refractivity contribution in [3.63, 3.8) is 0 Å². The molecule has 2 heteroatoms. The van der Waals surface area contributed by atoms with Gasteiger partial charge in [0.1, 0.15) is 0 Å². The van der Waals surface area contributed by atoms with Crippen LogP contribution < -0.4 is 0 Å². The number of nitrogens with zero attached hydrogens (tertiary/aromatic N) is 1. The highest BCUT2D eigenvalue weighted by Crippen LogP contribution is 2.09. The quantitative estimate of drug-likeness (QED) is 0.618. The Kier molecular flexibility index (Phi) is 3.12. The van der Waals surface area contributed by atoms with Crippen molar-refractivity contribution >= 4 is 17.7 Å². The minimum Gasteiger partial charge on any atom is -0.257 e. The lowest BCUT2D eigenvalue weighted by Gasteiger charge is -1.98. The standard InChI is InChI=1S/C9H10ClN/c1-2-4-9-8(7-10)5-3-6-11-9/h2-6H,7H2,1H3. The largest absolute Gasteiger partial charge is 0.257 e. The summed E-state index contributed by atoms with van der Waals surface area (Å²) in [7, 11) is 0. The minimum absolute atomic E-state index is 0.521. The lowest BCUT2D eigenvalue weighted by Crippen LogP contribution is -1.87. The van der Waals surface area contributed by atoms with Crippen molar-refractivity contribution in [3.8, 4) is 0 Å². The highest BCUT2D eigenvalue weighted by atomic mass is 35.5. The van der Waals surface area contributed by atoms with Crippen LogP contribution in [0.3, 0.4) is 0 Å². The van der Waals surface area contributed by atoms with Gasteiger partial charge in [-0.25, -0.2) is 0 Å². The molecule has 1 aromatic heterocycles. The van der Waals surface area contributed by atoms with E-state index in [1.54, 1.807) is 6.20 Å². The smallest absolute Gasteiger partial charge is 0.0670 e. The van der Waals surface area contributed by atoms with Gasteiger partial charge < -0.3 is 0 Å². The van der Waals surface area contributed by atoms with Crippen LogP contribution in [0.25, 0.3) is 6.08 Å². The summed E-state index contributed by atoms with van der Waals surface area (Å²) < 4.78 is 0. The summed E-state index contributed by atoms with van der Waals surface area (Å²) in [4.78, 5) is 4.17.